The minimum Gasteiger partial charge on any atom is -0.479 e. The smallest absolute Gasteiger partial charge is 0.411 e. The zero-order valence-corrected chi connectivity index (χ0v) is 26.3. The van der Waals surface area contributed by atoms with E-state index in [9.17, 15) is 44.7 Å². The lowest BCUT2D eigenvalue weighted by Crippen LogP contribution is -2.61. The van der Waals surface area contributed by atoms with Gasteiger partial charge >= 0.3 is 18.0 Å². The fourth-order valence-electron chi connectivity index (χ4n) is 6.35. The van der Waals surface area contributed by atoms with Crippen molar-refractivity contribution in [2.24, 2.45) is 0 Å². The molecule has 3 aliphatic rings. The molecule has 16 nitrogen and oxygen atoms in total. The van der Waals surface area contributed by atoms with E-state index in [2.05, 4.69) is 5.32 Å². The first-order chi connectivity index (χ1) is 23.9. The van der Waals surface area contributed by atoms with E-state index in [0.717, 1.165) is 0 Å². The van der Waals surface area contributed by atoms with Crippen LogP contribution in [0.4, 0.5) is 10.5 Å². The molecule has 0 saturated carbocycles. The maximum absolute atomic E-state index is 13.5. The number of carbonyl (C=O) groups is 3. The number of carboxylic acid groups (broad SMARTS) is 1. The lowest BCUT2D eigenvalue weighted by molar-refractivity contribution is -0.271. The van der Waals surface area contributed by atoms with Crippen molar-refractivity contribution in [2.45, 2.75) is 69.4 Å². The first-order valence-corrected chi connectivity index (χ1v) is 15.6. The molecule has 1 amide bonds. The molecule has 1 fully saturated rings. The highest BCUT2D eigenvalue weighted by Crippen LogP contribution is 2.39. The van der Waals surface area contributed by atoms with Gasteiger partial charge < -0.3 is 49.0 Å². The number of aliphatic hydroxyl groups excluding tert-OH is 3. The van der Waals surface area contributed by atoms with Crippen molar-refractivity contribution in [2.75, 3.05) is 5.32 Å². The van der Waals surface area contributed by atoms with E-state index in [4.69, 9.17) is 23.9 Å². The molecule has 6 N–H and O–H groups in total. The molecular weight excluding hydrogens is 658 g/mol. The quantitative estimate of drug-likeness (QED) is 0.131. The molecule has 0 bridgehead atoms. The van der Waals surface area contributed by atoms with Crippen molar-refractivity contribution in [3.63, 3.8) is 0 Å². The average molecular weight is 690 g/mol. The Kier molecular flexibility index (Phi) is 8.28. The number of hydrogen-bond donors (Lipinski definition) is 6. The highest BCUT2D eigenvalue weighted by molar-refractivity contribution is 6.00. The number of benzene rings is 2. The third-order valence-electron chi connectivity index (χ3n) is 9.15. The second kappa shape index (κ2) is 12.5. The van der Waals surface area contributed by atoms with E-state index in [1.54, 1.807) is 43.3 Å². The van der Waals surface area contributed by atoms with Gasteiger partial charge in [-0.3, -0.25) is 10.1 Å². The molecule has 5 heterocycles. The van der Waals surface area contributed by atoms with Gasteiger partial charge in [-0.1, -0.05) is 25.1 Å². The van der Waals surface area contributed by atoms with Crippen LogP contribution >= 0.6 is 0 Å². The summed E-state index contributed by atoms with van der Waals surface area (Å²) in [7, 11) is 0. The molecule has 2 aromatic heterocycles. The molecule has 260 valence electrons. The van der Waals surface area contributed by atoms with Crippen LogP contribution in [0.1, 0.15) is 35.6 Å². The molecule has 1 saturated heterocycles. The van der Waals surface area contributed by atoms with Gasteiger partial charge in [0, 0.05) is 16.5 Å². The summed E-state index contributed by atoms with van der Waals surface area (Å²) >= 11 is 0. The van der Waals surface area contributed by atoms with Gasteiger partial charge in [0.2, 0.25) is 6.29 Å². The monoisotopic (exact) mass is 689 g/mol. The van der Waals surface area contributed by atoms with E-state index in [1.165, 1.54) is 16.7 Å². The summed E-state index contributed by atoms with van der Waals surface area (Å²) in [5, 5.41) is 53.6. The predicted octanol–water partition coefficient (Wildman–Crippen LogP) is 1.10. The summed E-state index contributed by atoms with van der Waals surface area (Å²) in [6.07, 6.45) is -9.48. The van der Waals surface area contributed by atoms with Gasteiger partial charge in [-0.05, 0) is 48.4 Å². The average Bonchev–Trinajstić information content (AvgIpc) is 3.47. The van der Waals surface area contributed by atoms with E-state index < -0.39 is 54.3 Å². The first-order valence-electron chi connectivity index (χ1n) is 15.6. The van der Waals surface area contributed by atoms with Crippen molar-refractivity contribution in [3.8, 4) is 17.1 Å². The van der Waals surface area contributed by atoms with Gasteiger partial charge in [-0.15, -0.1) is 0 Å². The number of pyridine rings is 2. The molecule has 0 aliphatic carbocycles. The Labute approximate surface area is 282 Å². The molecule has 16 heteroatoms. The summed E-state index contributed by atoms with van der Waals surface area (Å²) in [6, 6.07) is 14.6. The molecule has 0 spiro atoms. The maximum atomic E-state index is 13.5. The number of fused-ring (bicyclic) bond motifs is 5. The van der Waals surface area contributed by atoms with Crippen LogP contribution in [0.5, 0.6) is 5.75 Å². The normalized spacial score (nSPS) is 25.2. The molecule has 2 aromatic carbocycles. The Morgan fingerprint density at radius 1 is 1.06 bits per heavy atom. The zero-order chi connectivity index (χ0) is 35.5. The molecule has 0 radical (unpaired) electrons. The zero-order valence-electron chi connectivity index (χ0n) is 26.3. The van der Waals surface area contributed by atoms with Crippen LogP contribution in [-0.2, 0) is 49.2 Å². The van der Waals surface area contributed by atoms with E-state index >= 15 is 0 Å². The molecule has 3 aliphatic heterocycles. The highest BCUT2D eigenvalue weighted by atomic mass is 16.7. The number of amides is 1. The van der Waals surface area contributed by atoms with Gasteiger partial charge in [0.15, 0.2) is 11.7 Å². The summed E-state index contributed by atoms with van der Waals surface area (Å²) in [4.78, 5) is 54.8. The number of nitrogens with zero attached hydrogens (tertiary/aromatic N) is 2. The maximum Gasteiger partial charge on any atom is 0.411 e. The number of cyclic esters (lactones) is 1. The number of carbonyl (C=O) groups excluding carboxylic acids is 2. The van der Waals surface area contributed by atoms with Gasteiger partial charge in [-0.2, -0.15) is 0 Å². The minimum absolute atomic E-state index is 0.0280. The van der Waals surface area contributed by atoms with Crippen LogP contribution in [-0.4, -0.2) is 83.8 Å². The van der Waals surface area contributed by atoms with Crippen LogP contribution in [0.3, 0.4) is 0 Å². The Hall–Kier alpha value is -5.39. The molecular formula is C34H31N3O13. The van der Waals surface area contributed by atoms with Crippen LogP contribution in [0.2, 0.25) is 0 Å². The molecule has 50 heavy (non-hydrogen) atoms. The SMILES string of the molecule is CC[C@@]1(O)C(=O)OCc2c1cc1n(c2=O)Cc2cc3c(NC(=O)OCc4ccc(OC5OC(C(=O)O)C(O)C(O)C5O)cc4)cccc3nc2-1. The third-order valence-corrected chi connectivity index (χ3v) is 9.15. The number of nitrogens with one attached hydrogen (secondary N) is 1. The van der Waals surface area contributed by atoms with Crippen molar-refractivity contribution in [1.29, 1.82) is 0 Å². The van der Waals surface area contributed by atoms with Crippen molar-refractivity contribution in [3.05, 3.63) is 87.2 Å². The topological polar surface area (TPSA) is 236 Å². The number of hydrogen-bond acceptors (Lipinski definition) is 13. The summed E-state index contributed by atoms with van der Waals surface area (Å²) in [5.41, 5.74) is 1.27. The molecule has 4 aromatic rings. The number of esters is 1. The van der Waals surface area contributed by atoms with Crippen molar-refractivity contribution < 1.29 is 58.9 Å². The first kappa shape index (κ1) is 33.1. The summed E-state index contributed by atoms with van der Waals surface area (Å²) in [5.74, 6) is -2.19. The molecule has 7 rings (SSSR count). The van der Waals surface area contributed by atoms with Crippen molar-refractivity contribution >= 4 is 34.6 Å². The fourth-order valence-corrected chi connectivity index (χ4v) is 6.35. The van der Waals surface area contributed by atoms with Gasteiger partial charge in [0.25, 0.3) is 5.56 Å². The number of aliphatic carboxylic acids is 1. The number of rotatable bonds is 7. The summed E-state index contributed by atoms with van der Waals surface area (Å²) < 4.78 is 22.7. The van der Waals surface area contributed by atoms with Crippen LogP contribution < -0.4 is 15.6 Å². The Morgan fingerprint density at radius 2 is 1.82 bits per heavy atom. The largest absolute Gasteiger partial charge is 0.479 e. The van der Waals surface area contributed by atoms with Gasteiger partial charge in [0.05, 0.1) is 34.7 Å². The number of anilines is 1. The lowest BCUT2D eigenvalue weighted by atomic mass is 9.86. The van der Waals surface area contributed by atoms with Crippen LogP contribution in [0.25, 0.3) is 22.3 Å². The van der Waals surface area contributed by atoms with Crippen LogP contribution in [0.15, 0.2) is 59.4 Å². The third kappa shape index (κ3) is 5.52. The standard InChI is InChI=1S/C34H31N3O13/c1-2-34(46)20-11-23-24-16(12-37(23)29(41)19(20)14-47-32(34)44)10-18-21(35-24)4-3-5-22(18)36-33(45)48-13-15-6-8-17(9-7-15)49-31-27(40)25(38)26(39)28(50-31)30(42)43/h3-11,25-28,31,38-40,46H,2,12-14H2,1H3,(H,36,45)(H,42,43)/t25?,26?,27?,28?,31?,34-/m0/s1. The Bertz CT molecular complexity index is 2100. The molecule has 6 atom stereocenters. The molecule has 5 unspecified atom stereocenters. The number of aliphatic hydroxyl groups is 4. The predicted molar refractivity (Wildman–Crippen MR) is 170 cm³/mol. The summed E-state index contributed by atoms with van der Waals surface area (Å²) in [6.45, 7) is 1.44. The number of ether oxygens (including phenoxy) is 4. The van der Waals surface area contributed by atoms with E-state index in [-0.39, 0.29) is 48.6 Å². The lowest BCUT2D eigenvalue weighted by Gasteiger charge is -2.38. The fraction of sp³-hybridized carbons (Fsp3) is 0.324. The van der Waals surface area contributed by atoms with Crippen LogP contribution in [0, 0.1) is 0 Å². The Balaban J connectivity index is 1.04. The van der Waals surface area contributed by atoms with Crippen molar-refractivity contribution in [1.82, 2.24) is 9.55 Å². The second-order valence-electron chi connectivity index (χ2n) is 12.2. The minimum atomic E-state index is -1.94. The van der Waals surface area contributed by atoms with E-state index in [1.807, 2.05) is 6.07 Å². The Morgan fingerprint density at radius 3 is 2.54 bits per heavy atom. The number of aromatic nitrogens is 2. The van der Waals surface area contributed by atoms with Gasteiger partial charge in [-0.25, -0.2) is 19.4 Å². The second-order valence-corrected chi connectivity index (χ2v) is 12.2. The van der Waals surface area contributed by atoms with E-state index in [0.29, 0.717) is 39.1 Å². The highest BCUT2D eigenvalue weighted by Gasteiger charge is 2.48. The van der Waals surface area contributed by atoms with Gasteiger partial charge in [0.1, 0.15) is 37.3 Å². The number of carboxylic acids is 1.